The lowest BCUT2D eigenvalue weighted by molar-refractivity contribution is 0.0600. The number of hydrogen-bond acceptors (Lipinski definition) is 3. The fourth-order valence-electron chi connectivity index (χ4n) is 3.03. The molecule has 2 unspecified atom stereocenters. The first-order valence-electron chi connectivity index (χ1n) is 6.21. The highest BCUT2D eigenvalue weighted by molar-refractivity contribution is 5.89. The zero-order valence-electron chi connectivity index (χ0n) is 9.98. The molecule has 1 saturated carbocycles. The fourth-order valence-corrected chi connectivity index (χ4v) is 3.03. The summed E-state index contributed by atoms with van der Waals surface area (Å²) in [5, 5.41) is 3.58. The van der Waals surface area contributed by atoms with E-state index < -0.39 is 0 Å². The summed E-state index contributed by atoms with van der Waals surface area (Å²) in [5.41, 5.74) is 1.92. The van der Waals surface area contributed by atoms with Gasteiger partial charge in [0.25, 0.3) is 0 Å². The van der Waals surface area contributed by atoms with Gasteiger partial charge in [-0.25, -0.2) is 4.79 Å². The van der Waals surface area contributed by atoms with Crippen molar-refractivity contribution in [2.24, 2.45) is 11.8 Å². The lowest BCUT2D eigenvalue weighted by Crippen LogP contribution is -2.25. The van der Waals surface area contributed by atoms with Crippen molar-refractivity contribution in [3.63, 3.8) is 0 Å². The van der Waals surface area contributed by atoms with Gasteiger partial charge in [0.05, 0.1) is 12.7 Å². The van der Waals surface area contributed by atoms with Gasteiger partial charge in [-0.1, -0.05) is 12.1 Å². The van der Waals surface area contributed by atoms with Crippen molar-refractivity contribution in [2.45, 2.75) is 18.9 Å². The molecule has 1 aromatic carbocycles. The largest absolute Gasteiger partial charge is 0.465 e. The molecule has 2 aliphatic rings. The third-order valence-electron chi connectivity index (χ3n) is 4.20. The predicted molar refractivity (Wildman–Crippen MR) is 64.7 cm³/mol. The highest BCUT2D eigenvalue weighted by atomic mass is 16.5. The second kappa shape index (κ2) is 4.15. The van der Waals surface area contributed by atoms with Gasteiger partial charge >= 0.3 is 5.97 Å². The highest BCUT2D eigenvalue weighted by Crippen LogP contribution is 2.46. The maximum absolute atomic E-state index is 11.3. The van der Waals surface area contributed by atoms with Gasteiger partial charge in [-0.05, 0) is 48.9 Å². The number of methoxy groups -OCH3 is 1. The number of rotatable bonds is 2. The van der Waals surface area contributed by atoms with E-state index in [-0.39, 0.29) is 5.97 Å². The van der Waals surface area contributed by atoms with Crippen LogP contribution in [0, 0.1) is 11.8 Å². The molecule has 2 fully saturated rings. The van der Waals surface area contributed by atoms with Crippen LogP contribution in [0.3, 0.4) is 0 Å². The second-order valence-corrected chi connectivity index (χ2v) is 5.00. The number of nitrogens with one attached hydrogen (secondary N) is 1. The zero-order valence-corrected chi connectivity index (χ0v) is 9.98. The topological polar surface area (TPSA) is 38.3 Å². The first-order chi connectivity index (χ1) is 8.29. The van der Waals surface area contributed by atoms with Crippen molar-refractivity contribution in [3.05, 3.63) is 35.4 Å². The average molecular weight is 231 g/mol. The first-order valence-corrected chi connectivity index (χ1v) is 6.21. The van der Waals surface area contributed by atoms with Crippen molar-refractivity contribution < 1.29 is 9.53 Å². The molecule has 1 heterocycles. The normalized spacial score (nSPS) is 30.5. The van der Waals surface area contributed by atoms with Crippen LogP contribution in [0.2, 0.25) is 0 Å². The number of fused-ring (bicyclic) bond motifs is 1. The molecule has 3 atom stereocenters. The summed E-state index contributed by atoms with van der Waals surface area (Å²) in [4.78, 5) is 11.3. The van der Waals surface area contributed by atoms with E-state index in [1.54, 1.807) is 0 Å². The van der Waals surface area contributed by atoms with E-state index in [0.717, 1.165) is 18.4 Å². The van der Waals surface area contributed by atoms with Gasteiger partial charge in [-0.2, -0.15) is 0 Å². The van der Waals surface area contributed by atoms with Crippen LogP contribution >= 0.6 is 0 Å². The predicted octanol–water partition coefficient (Wildman–Crippen LogP) is 2.14. The lowest BCUT2D eigenvalue weighted by atomic mass is 9.71. The quantitative estimate of drug-likeness (QED) is 0.792. The molecule has 0 amide bonds. The Bertz CT molecular complexity index is 426. The molecule has 0 radical (unpaired) electrons. The van der Waals surface area contributed by atoms with E-state index in [2.05, 4.69) is 5.32 Å². The van der Waals surface area contributed by atoms with Crippen molar-refractivity contribution in [3.8, 4) is 0 Å². The Hall–Kier alpha value is -1.35. The fraction of sp³-hybridized carbons (Fsp3) is 0.500. The summed E-state index contributed by atoms with van der Waals surface area (Å²) in [7, 11) is 1.41. The Morgan fingerprint density at radius 2 is 2.06 bits per heavy atom. The Morgan fingerprint density at radius 3 is 2.59 bits per heavy atom. The molecule has 1 aromatic rings. The van der Waals surface area contributed by atoms with Crippen molar-refractivity contribution >= 4 is 5.97 Å². The highest BCUT2D eigenvalue weighted by Gasteiger charge is 2.42. The smallest absolute Gasteiger partial charge is 0.337 e. The van der Waals surface area contributed by atoms with Crippen molar-refractivity contribution in [2.75, 3.05) is 13.7 Å². The molecule has 1 saturated heterocycles. The molecule has 1 N–H and O–H groups in total. The van der Waals surface area contributed by atoms with E-state index in [9.17, 15) is 4.79 Å². The minimum Gasteiger partial charge on any atom is -0.465 e. The number of ether oxygens (including phenoxy) is 1. The van der Waals surface area contributed by atoms with E-state index in [0.29, 0.717) is 11.6 Å². The Morgan fingerprint density at radius 1 is 1.29 bits per heavy atom. The van der Waals surface area contributed by atoms with E-state index >= 15 is 0 Å². The van der Waals surface area contributed by atoms with Gasteiger partial charge in [0, 0.05) is 6.04 Å². The van der Waals surface area contributed by atoms with Gasteiger partial charge < -0.3 is 10.1 Å². The van der Waals surface area contributed by atoms with Crippen LogP contribution in [-0.2, 0) is 4.74 Å². The summed E-state index contributed by atoms with van der Waals surface area (Å²) in [6.07, 6.45) is 2.70. The van der Waals surface area contributed by atoms with Crippen LogP contribution in [0.25, 0.3) is 0 Å². The number of carbonyl (C=O) groups is 1. The number of carbonyl (C=O) groups excluding carboxylic acids is 1. The van der Waals surface area contributed by atoms with E-state index in [4.69, 9.17) is 4.74 Å². The van der Waals surface area contributed by atoms with Gasteiger partial charge in [-0.15, -0.1) is 0 Å². The van der Waals surface area contributed by atoms with Gasteiger partial charge in [-0.3, -0.25) is 0 Å². The van der Waals surface area contributed by atoms with Gasteiger partial charge in [0.2, 0.25) is 0 Å². The Labute approximate surface area is 101 Å². The summed E-state index contributed by atoms with van der Waals surface area (Å²) in [6.45, 7) is 1.15. The van der Waals surface area contributed by atoms with E-state index in [1.165, 1.54) is 25.5 Å². The molecular weight excluding hydrogens is 214 g/mol. The van der Waals surface area contributed by atoms with Crippen LogP contribution in [0.1, 0.15) is 34.8 Å². The summed E-state index contributed by atoms with van der Waals surface area (Å²) in [5.74, 6) is 1.41. The van der Waals surface area contributed by atoms with E-state index in [1.807, 2.05) is 24.3 Å². The zero-order chi connectivity index (χ0) is 11.8. The Kier molecular flexibility index (Phi) is 2.63. The average Bonchev–Trinajstić information content (AvgIpc) is 2.63. The molecule has 90 valence electrons. The third-order valence-corrected chi connectivity index (χ3v) is 4.20. The molecule has 0 aromatic heterocycles. The minimum absolute atomic E-state index is 0.266. The molecule has 0 bridgehead atoms. The van der Waals surface area contributed by atoms with Crippen LogP contribution in [-0.4, -0.2) is 19.6 Å². The standard InChI is InChI=1S/C14H17NO2/c1-17-14(16)10-4-2-9(3-5-10)13-12-7-6-11(12)8-15-13/h2-5,11-13,15H,6-8H2,1H3/t11?,12?,13-/m1/s1. The maximum Gasteiger partial charge on any atom is 0.337 e. The van der Waals surface area contributed by atoms with Crippen molar-refractivity contribution in [1.82, 2.24) is 5.32 Å². The molecule has 1 aliphatic heterocycles. The molecular formula is C14H17NO2. The molecule has 17 heavy (non-hydrogen) atoms. The summed E-state index contributed by atoms with van der Waals surface area (Å²) >= 11 is 0. The number of benzene rings is 1. The van der Waals surface area contributed by atoms with Crippen LogP contribution < -0.4 is 5.32 Å². The molecule has 3 nitrogen and oxygen atoms in total. The summed E-state index contributed by atoms with van der Waals surface area (Å²) < 4.78 is 4.70. The van der Waals surface area contributed by atoms with Gasteiger partial charge in [0.15, 0.2) is 0 Å². The molecule has 3 rings (SSSR count). The second-order valence-electron chi connectivity index (χ2n) is 5.00. The van der Waals surface area contributed by atoms with Crippen molar-refractivity contribution in [1.29, 1.82) is 0 Å². The Balaban J connectivity index is 1.78. The maximum atomic E-state index is 11.3. The van der Waals surface area contributed by atoms with Gasteiger partial charge in [0.1, 0.15) is 0 Å². The lowest BCUT2D eigenvalue weighted by Gasteiger charge is -2.33. The molecule has 3 heteroatoms. The monoisotopic (exact) mass is 231 g/mol. The number of hydrogen-bond donors (Lipinski definition) is 1. The van der Waals surface area contributed by atoms with Crippen LogP contribution in [0.15, 0.2) is 24.3 Å². The third kappa shape index (κ3) is 1.75. The first kappa shape index (κ1) is 10.8. The molecule has 1 aliphatic carbocycles. The van der Waals surface area contributed by atoms with Crippen LogP contribution in [0.5, 0.6) is 0 Å². The SMILES string of the molecule is COC(=O)c1ccc([C@H]2NCC3CCC32)cc1. The minimum atomic E-state index is -0.266. The van der Waals surface area contributed by atoms with Crippen LogP contribution in [0.4, 0.5) is 0 Å². The summed E-state index contributed by atoms with van der Waals surface area (Å²) in [6, 6.07) is 8.29. The number of esters is 1. The molecule has 0 spiro atoms.